The third-order valence-electron chi connectivity index (χ3n) is 11.2. The number of carbonyl (C=O) groups is 1. The van der Waals surface area contributed by atoms with Crippen LogP contribution in [0.3, 0.4) is 0 Å². The van der Waals surface area contributed by atoms with Crippen LogP contribution in [0, 0.1) is 28.6 Å². The minimum atomic E-state index is -0.646. The highest BCUT2D eigenvalue weighted by molar-refractivity contribution is 5.87. The lowest BCUT2D eigenvalue weighted by atomic mass is 9.60. The van der Waals surface area contributed by atoms with Gasteiger partial charge in [-0.25, -0.2) is 0 Å². The molecule has 0 spiro atoms. The Labute approximate surface area is 231 Å². The second-order valence-electron chi connectivity index (χ2n) is 13.6. The zero-order valence-electron chi connectivity index (χ0n) is 24.4. The molecule has 0 unspecified atom stereocenters. The Hall–Kier alpha value is -1.23. The SMILES string of the molecule is C=C1/C(=C\C=C2/CCC[C@]3(C)[C@@H]([C@H](C)[C@H](O)CCCC4(C(=O)CCCCC)CC4)CC[C@@H]23)C[C@@H](O)C[C@@H]1O. The number of unbranched alkanes of at least 4 members (excludes halogenated alkanes) is 2. The Morgan fingerprint density at radius 3 is 2.61 bits per heavy atom. The van der Waals surface area contributed by atoms with E-state index in [1.54, 1.807) is 0 Å². The van der Waals surface area contributed by atoms with Crippen molar-refractivity contribution in [2.24, 2.45) is 28.6 Å². The van der Waals surface area contributed by atoms with Crippen molar-refractivity contribution in [3.63, 3.8) is 0 Å². The van der Waals surface area contributed by atoms with E-state index >= 15 is 0 Å². The summed E-state index contributed by atoms with van der Waals surface area (Å²) in [5.74, 6) is 1.80. The third kappa shape index (κ3) is 6.39. The van der Waals surface area contributed by atoms with E-state index in [0.29, 0.717) is 30.5 Å². The van der Waals surface area contributed by atoms with Crippen molar-refractivity contribution in [2.45, 2.75) is 142 Å². The number of carbonyl (C=O) groups excluding carboxylic acids is 1. The van der Waals surface area contributed by atoms with E-state index < -0.39 is 12.2 Å². The smallest absolute Gasteiger partial charge is 0.139 e. The standard InChI is InChI=1S/C34H54O4/c1-5-6-7-12-32(38)34(19-20-34)18-9-11-30(36)24(3)28-15-16-29-25(10-8-17-33(28,29)4)13-14-26-21-27(35)22-31(37)23(26)2/h13-14,24,27-31,35-37H,2,5-12,15-22H2,1,3-4H3/b25-13+,26-14-/t24-,27+,28+,29-,30+,31-,33+/m0/s1. The predicted molar refractivity (Wildman–Crippen MR) is 155 cm³/mol. The molecular weight excluding hydrogens is 472 g/mol. The Kier molecular flexibility index (Phi) is 9.80. The average molecular weight is 527 g/mol. The van der Waals surface area contributed by atoms with Crippen molar-refractivity contribution in [3.8, 4) is 0 Å². The fourth-order valence-electron chi connectivity index (χ4n) is 8.41. The van der Waals surface area contributed by atoms with Crippen LogP contribution in [0.2, 0.25) is 0 Å². The lowest BCUT2D eigenvalue weighted by Gasteiger charge is -2.45. The highest BCUT2D eigenvalue weighted by Gasteiger charge is 2.52. The Bertz CT molecular complexity index is 911. The first-order valence-corrected chi connectivity index (χ1v) is 15.8. The van der Waals surface area contributed by atoms with E-state index in [1.807, 2.05) is 0 Å². The van der Waals surface area contributed by atoms with E-state index in [0.717, 1.165) is 81.8 Å². The molecule has 4 nitrogen and oxygen atoms in total. The highest BCUT2D eigenvalue weighted by atomic mass is 16.3. The lowest BCUT2D eigenvalue weighted by molar-refractivity contribution is -0.124. The van der Waals surface area contributed by atoms with Crippen molar-refractivity contribution in [2.75, 3.05) is 0 Å². The lowest BCUT2D eigenvalue weighted by Crippen LogP contribution is -2.39. The van der Waals surface area contributed by atoms with Crippen molar-refractivity contribution in [3.05, 3.63) is 35.5 Å². The highest BCUT2D eigenvalue weighted by Crippen LogP contribution is 2.60. The van der Waals surface area contributed by atoms with Gasteiger partial charge in [-0.3, -0.25) is 4.79 Å². The molecule has 0 aliphatic heterocycles. The minimum Gasteiger partial charge on any atom is -0.393 e. The summed E-state index contributed by atoms with van der Waals surface area (Å²) in [5.41, 5.74) is 3.39. The van der Waals surface area contributed by atoms with Crippen molar-refractivity contribution < 1.29 is 20.1 Å². The van der Waals surface area contributed by atoms with Crippen LogP contribution in [0.5, 0.6) is 0 Å². The van der Waals surface area contributed by atoms with E-state index in [4.69, 9.17) is 0 Å². The summed E-state index contributed by atoms with van der Waals surface area (Å²) in [4.78, 5) is 12.8. The van der Waals surface area contributed by atoms with Gasteiger partial charge in [-0.15, -0.1) is 0 Å². The molecule has 0 radical (unpaired) electrons. The average Bonchev–Trinajstić information content (AvgIpc) is 3.59. The van der Waals surface area contributed by atoms with Gasteiger partial charge >= 0.3 is 0 Å². The molecule has 0 aromatic rings. The molecule has 0 aromatic carbocycles. The fraction of sp³-hybridized carbons (Fsp3) is 0.794. The zero-order chi connectivity index (χ0) is 27.5. The maximum atomic E-state index is 12.8. The van der Waals surface area contributed by atoms with Crippen LogP contribution in [0.4, 0.5) is 0 Å². The Morgan fingerprint density at radius 1 is 1.13 bits per heavy atom. The summed E-state index contributed by atoms with van der Waals surface area (Å²) in [6.45, 7) is 11.0. The van der Waals surface area contributed by atoms with E-state index in [1.165, 1.54) is 24.8 Å². The summed E-state index contributed by atoms with van der Waals surface area (Å²) in [6, 6.07) is 0. The first kappa shape index (κ1) is 29.7. The minimum absolute atomic E-state index is 0.0472. The number of rotatable bonds is 12. The van der Waals surface area contributed by atoms with Crippen LogP contribution in [0.1, 0.15) is 124 Å². The van der Waals surface area contributed by atoms with Gasteiger partial charge in [0.25, 0.3) is 0 Å². The van der Waals surface area contributed by atoms with E-state index in [-0.39, 0.29) is 22.9 Å². The monoisotopic (exact) mass is 526 g/mol. The third-order valence-corrected chi connectivity index (χ3v) is 11.2. The van der Waals surface area contributed by atoms with Gasteiger partial charge in [0.2, 0.25) is 0 Å². The molecule has 38 heavy (non-hydrogen) atoms. The normalized spacial score (nSPS) is 36.3. The van der Waals surface area contributed by atoms with Crippen LogP contribution in [-0.2, 0) is 4.79 Å². The summed E-state index contributed by atoms with van der Waals surface area (Å²) in [7, 11) is 0. The largest absolute Gasteiger partial charge is 0.393 e. The summed E-state index contributed by atoms with van der Waals surface area (Å²) in [6.07, 6.45) is 18.7. The first-order valence-electron chi connectivity index (χ1n) is 15.8. The Morgan fingerprint density at radius 2 is 1.89 bits per heavy atom. The number of aliphatic hydroxyl groups excluding tert-OH is 3. The zero-order valence-corrected chi connectivity index (χ0v) is 24.4. The van der Waals surface area contributed by atoms with Gasteiger partial charge in [-0.1, -0.05) is 57.9 Å². The quantitative estimate of drug-likeness (QED) is 0.235. The van der Waals surface area contributed by atoms with Gasteiger partial charge in [0.1, 0.15) is 5.78 Å². The molecule has 214 valence electrons. The van der Waals surface area contributed by atoms with Crippen LogP contribution >= 0.6 is 0 Å². The predicted octanol–water partition coefficient (Wildman–Crippen LogP) is 7.22. The van der Waals surface area contributed by atoms with Gasteiger partial charge in [-0.05, 0) is 111 Å². The molecule has 3 N–H and O–H groups in total. The number of Topliss-reactive ketones (excluding diaryl/α,β-unsaturated/α-hetero) is 1. The summed E-state index contributed by atoms with van der Waals surface area (Å²) < 4.78 is 0. The molecule has 0 amide bonds. The molecule has 4 saturated carbocycles. The number of hydrogen-bond donors (Lipinski definition) is 3. The molecule has 7 atom stereocenters. The number of aliphatic hydroxyl groups is 3. The molecular formula is C34H54O4. The fourth-order valence-corrected chi connectivity index (χ4v) is 8.41. The Balaban J connectivity index is 1.34. The van der Waals surface area contributed by atoms with Crippen molar-refractivity contribution in [1.29, 1.82) is 0 Å². The van der Waals surface area contributed by atoms with Crippen molar-refractivity contribution >= 4 is 5.78 Å². The van der Waals surface area contributed by atoms with Crippen LogP contribution in [0.15, 0.2) is 35.5 Å². The molecule has 4 heteroatoms. The summed E-state index contributed by atoms with van der Waals surface area (Å²) in [5, 5.41) is 31.6. The molecule has 0 saturated heterocycles. The topological polar surface area (TPSA) is 77.8 Å². The molecule has 4 rings (SSSR count). The van der Waals surface area contributed by atoms with Gasteiger partial charge in [0, 0.05) is 18.3 Å². The molecule has 0 heterocycles. The maximum absolute atomic E-state index is 12.8. The molecule has 0 bridgehead atoms. The van der Waals surface area contributed by atoms with E-state index in [9.17, 15) is 20.1 Å². The van der Waals surface area contributed by atoms with Gasteiger partial charge < -0.3 is 15.3 Å². The van der Waals surface area contributed by atoms with Gasteiger partial charge in [0.05, 0.1) is 18.3 Å². The first-order chi connectivity index (χ1) is 18.1. The van der Waals surface area contributed by atoms with Crippen LogP contribution in [-0.4, -0.2) is 39.4 Å². The molecule has 4 fully saturated rings. The number of allylic oxidation sites excluding steroid dienone is 3. The second kappa shape index (κ2) is 12.5. The van der Waals surface area contributed by atoms with Gasteiger partial charge in [-0.2, -0.15) is 0 Å². The number of hydrogen-bond acceptors (Lipinski definition) is 4. The number of fused-ring (bicyclic) bond motifs is 1. The molecule has 4 aliphatic rings. The van der Waals surface area contributed by atoms with Crippen LogP contribution < -0.4 is 0 Å². The van der Waals surface area contributed by atoms with Crippen molar-refractivity contribution in [1.82, 2.24) is 0 Å². The number of ketones is 1. The van der Waals surface area contributed by atoms with E-state index in [2.05, 4.69) is 39.5 Å². The second-order valence-corrected chi connectivity index (χ2v) is 13.6. The molecule has 0 aromatic heterocycles. The maximum Gasteiger partial charge on any atom is 0.139 e. The van der Waals surface area contributed by atoms with Crippen LogP contribution in [0.25, 0.3) is 0 Å². The van der Waals surface area contributed by atoms with Gasteiger partial charge in [0.15, 0.2) is 0 Å². The molecule has 4 aliphatic carbocycles. The summed E-state index contributed by atoms with van der Waals surface area (Å²) >= 11 is 0.